The van der Waals surface area contributed by atoms with E-state index < -0.39 is 10.0 Å². The van der Waals surface area contributed by atoms with Gasteiger partial charge in [0.2, 0.25) is 10.0 Å². The normalized spacial score (nSPS) is 11.2. The molecule has 24 heavy (non-hydrogen) atoms. The highest BCUT2D eigenvalue weighted by molar-refractivity contribution is 7.89. The second kappa shape index (κ2) is 8.61. The first kappa shape index (κ1) is 18.2. The smallest absolute Gasteiger partial charge is 0.251 e. The predicted molar refractivity (Wildman–Crippen MR) is 94.4 cm³/mol. The number of aryl methyl sites for hydroxylation is 1. The van der Waals surface area contributed by atoms with E-state index in [1.54, 1.807) is 36.4 Å². The molecule has 2 aromatic carbocycles. The zero-order valence-corrected chi connectivity index (χ0v) is 14.5. The standard InChI is InChI=1S/C18H22N2O3S/c1-2-6-15-9-11-17(12-10-15)24(22,23)20-14-13-19-18(21)16-7-4-3-5-8-16/h3-5,7-12,20H,2,6,13-14H2,1H3,(H,19,21). The maximum atomic E-state index is 12.2. The first-order valence-electron chi connectivity index (χ1n) is 7.95. The van der Waals surface area contributed by atoms with E-state index in [9.17, 15) is 13.2 Å². The summed E-state index contributed by atoms with van der Waals surface area (Å²) in [5.74, 6) is -0.223. The second-order valence-electron chi connectivity index (χ2n) is 5.41. The molecule has 0 saturated carbocycles. The van der Waals surface area contributed by atoms with Crippen LogP contribution in [0.15, 0.2) is 59.5 Å². The monoisotopic (exact) mass is 346 g/mol. The van der Waals surface area contributed by atoms with Gasteiger partial charge >= 0.3 is 0 Å². The van der Waals surface area contributed by atoms with E-state index in [0.717, 1.165) is 18.4 Å². The molecule has 6 heteroatoms. The molecule has 128 valence electrons. The Morgan fingerprint density at radius 2 is 1.62 bits per heavy atom. The van der Waals surface area contributed by atoms with Gasteiger partial charge in [0, 0.05) is 18.7 Å². The van der Waals surface area contributed by atoms with E-state index in [1.807, 2.05) is 18.2 Å². The third-order valence-corrected chi connectivity index (χ3v) is 4.99. The van der Waals surface area contributed by atoms with E-state index >= 15 is 0 Å². The summed E-state index contributed by atoms with van der Waals surface area (Å²) in [7, 11) is -3.56. The van der Waals surface area contributed by atoms with Gasteiger partial charge in [-0.2, -0.15) is 0 Å². The van der Waals surface area contributed by atoms with Crippen molar-refractivity contribution in [3.05, 3.63) is 65.7 Å². The molecular weight excluding hydrogens is 324 g/mol. The third-order valence-electron chi connectivity index (χ3n) is 3.51. The van der Waals surface area contributed by atoms with Crippen LogP contribution >= 0.6 is 0 Å². The van der Waals surface area contributed by atoms with Crippen molar-refractivity contribution in [1.29, 1.82) is 0 Å². The lowest BCUT2D eigenvalue weighted by molar-refractivity contribution is 0.0954. The number of benzene rings is 2. The molecule has 2 rings (SSSR count). The summed E-state index contributed by atoms with van der Waals surface area (Å²) in [5.41, 5.74) is 1.67. The van der Waals surface area contributed by atoms with Crippen LogP contribution < -0.4 is 10.0 Å². The fourth-order valence-corrected chi connectivity index (χ4v) is 3.29. The van der Waals surface area contributed by atoms with E-state index in [0.29, 0.717) is 5.56 Å². The van der Waals surface area contributed by atoms with Gasteiger partial charge in [0.25, 0.3) is 5.91 Å². The van der Waals surface area contributed by atoms with Crippen LogP contribution in [0.3, 0.4) is 0 Å². The molecule has 0 fully saturated rings. The van der Waals surface area contributed by atoms with Gasteiger partial charge in [-0.1, -0.05) is 43.7 Å². The van der Waals surface area contributed by atoms with Crippen LogP contribution in [-0.2, 0) is 16.4 Å². The highest BCUT2D eigenvalue weighted by Crippen LogP contribution is 2.11. The van der Waals surface area contributed by atoms with Crippen molar-refractivity contribution in [1.82, 2.24) is 10.0 Å². The molecule has 0 aliphatic heterocycles. The summed E-state index contributed by atoms with van der Waals surface area (Å²) >= 11 is 0. The molecule has 0 atom stereocenters. The van der Waals surface area contributed by atoms with Crippen molar-refractivity contribution in [3.63, 3.8) is 0 Å². The number of rotatable bonds is 8. The Hall–Kier alpha value is -2.18. The Balaban J connectivity index is 1.83. The van der Waals surface area contributed by atoms with E-state index in [1.165, 1.54) is 0 Å². The Bertz CT molecular complexity index is 757. The van der Waals surface area contributed by atoms with Crippen molar-refractivity contribution in [2.24, 2.45) is 0 Å². The van der Waals surface area contributed by atoms with Gasteiger partial charge in [0.15, 0.2) is 0 Å². The lowest BCUT2D eigenvalue weighted by Crippen LogP contribution is -2.34. The quantitative estimate of drug-likeness (QED) is 0.721. The molecule has 0 aliphatic carbocycles. The summed E-state index contributed by atoms with van der Waals surface area (Å²) < 4.78 is 26.9. The fourth-order valence-electron chi connectivity index (χ4n) is 2.26. The van der Waals surface area contributed by atoms with Gasteiger partial charge in [0.1, 0.15) is 0 Å². The number of carbonyl (C=O) groups excluding carboxylic acids is 1. The number of amides is 1. The van der Waals surface area contributed by atoms with E-state index in [4.69, 9.17) is 0 Å². The van der Waals surface area contributed by atoms with Gasteiger partial charge in [-0.25, -0.2) is 13.1 Å². The number of carbonyl (C=O) groups is 1. The van der Waals surface area contributed by atoms with Crippen LogP contribution in [0, 0.1) is 0 Å². The van der Waals surface area contributed by atoms with Gasteiger partial charge < -0.3 is 5.32 Å². The van der Waals surface area contributed by atoms with Crippen LogP contribution in [0.4, 0.5) is 0 Å². The number of hydrogen-bond acceptors (Lipinski definition) is 3. The molecule has 2 aromatic rings. The van der Waals surface area contributed by atoms with Gasteiger partial charge in [-0.05, 0) is 36.2 Å². The molecule has 0 radical (unpaired) electrons. The minimum Gasteiger partial charge on any atom is -0.351 e. The third kappa shape index (κ3) is 5.18. The number of hydrogen-bond donors (Lipinski definition) is 2. The second-order valence-corrected chi connectivity index (χ2v) is 7.18. The Kier molecular flexibility index (Phi) is 6.52. The van der Waals surface area contributed by atoms with Gasteiger partial charge in [-0.15, -0.1) is 0 Å². The van der Waals surface area contributed by atoms with Crippen LogP contribution in [0.5, 0.6) is 0 Å². The predicted octanol–water partition coefficient (Wildman–Crippen LogP) is 2.35. The van der Waals surface area contributed by atoms with Crippen molar-refractivity contribution < 1.29 is 13.2 Å². The van der Waals surface area contributed by atoms with Crippen LogP contribution in [0.1, 0.15) is 29.3 Å². The molecule has 0 saturated heterocycles. The number of sulfonamides is 1. The fraction of sp³-hybridized carbons (Fsp3) is 0.278. The molecule has 5 nitrogen and oxygen atoms in total. The lowest BCUT2D eigenvalue weighted by atomic mass is 10.1. The average molecular weight is 346 g/mol. The molecule has 0 aromatic heterocycles. The molecule has 0 bridgehead atoms. The molecule has 0 unspecified atom stereocenters. The topological polar surface area (TPSA) is 75.3 Å². The zero-order chi connectivity index (χ0) is 17.4. The highest BCUT2D eigenvalue weighted by Gasteiger charge is 2.13. The Morgan fingerprint density at radius 3 is 2.25 bits per heavy atom. The molecule has 0 spiro atoms. The first-order valence-corrected chi connectivity index (χ1v) is 9.43. The summed E-state index contributed by atoms with van der Waals surface area (Å²) in [6.45, 7) is 2.44. The molecule has 0 heterocycles. The van der Waals surface area contributed by atoms with Crippen molar-refractivity contribution >= 4 is 15.9 Å². The SMILES string of the molecule is CCCc1ccc(S(=O)(=O)NCCNC(=O)c2ccccc2)cc1. The van der Waals surface area contributed by atoms with E-state index in [2.05, 4.69) is 17.0 Å². The molecule has 2 N–H and O–H groups in total. The largest absolute Gasteiger partial charge is 0.351 e. The molecular formula is C18H22N2O3S. The summed E-state index contributed by atoms with van der Waals surface area (Å²) in [4.78, 5) is 12.1. The maximum Gasteiger partial charge on any atom is 0.251 e. The molecule has 1 amide bonds. The zero-order valence-electron chi connectivity index (χ0n) is 13.7. The molecule has 0 aliphatic rings. The van der Waals surface area contributed by atoms with Crippen molar-refractivity contribution in [2.45, 2.75) is 24.7 Å². The summed E-state index contributed by atoms with van der Waals surface area (Å²) in [6, 6.07) is 15.7. The van der Waals surface area contributed by atoms with Crippen LogP contribution in [0.25, 0.3) is 0 Å². The first-order chi connectivity index (χ1) is 11.5. The van der Waals surface area contributed by atoms with Crippen LogP contribution in [-0.4, -0.2) is 27.4 Å². The minimum absolute atomic E-state index is 0.137. The minimum atomic E-state index is -3.56. The van der Waals surface area contributed by atoms with Crippen molar-refractivity contribution in [2.75, 3.05) is 13.1 Å². The Labute approximate surface area is 143 Å². The summed E-state index contributed by atoms with van der Waals surface area (Å²) in [5, 5.41) is 2.68. The maximum absolute atomic E-state index is 12.2. The average Bonchev–Trinajstić information content (AvgIpc) is 2.60. The Morgan fingerprint density at radius 1 is 0.958 bits per heavy atom. The van der Waals surface area contributed by atoms with Gasteiger partial charge in [-0.3, -0.25) is 4.79 Å². The number of nitrogens with one attached hydrogen (secondary N) is 2. The highest BCUT2D eigenvalue weighted by atomic mass is 32.2. The van der Waals surface area contributed by atoms with E-state index in [-0.39, 0.29) is 23.9 Å². The van der Waals surface area contributed by atoms with Crippen LogP contribution in [0.2, 0.25) is 0 Å². The summed E-state index contributed by atoms with van der Waals surface area (Å²) in [6.07, 6.45) is 1.95. The lowest BCUT2D eigenvalue weighted by Gasteiger charge is -2.09. The van der Waals surface area contributed by atoms with Gasteiger partial charge in [0.05, 0.1) is 4.90 Å². The van der Waals surface area contributed by atoms with Crippen molar-refractivity contribution in [3.8, 4) is 0 Å².